The molecular formula is C14H13N5O3S2. The normalized spacial score (nSPS) is 10.8. The van der Waals surface area contributed by atoms with E-state index < -0.39 is 16.1 Å². The molecule has 1 aromatic carbocycles. The number of sulfonamides is 1. The van der Waals surface area contributed by atoms with Crippen molar-refractivity contribution in [1.82, 2.24) is 9.97 Å². The van der Waals surface area contributed by atoms with E-state index >= 15 is 0 Å². The molecule has 0 radical (unpaired) electrons. The molecule has 24 heavy (non-hydrogen) atoms. The van der Waals surface area contributed by atoms with Gasteiger partial charge in [0.1, 0.15) is 4.90 Å². The molecule has 2 N–H and O–H groups in total. The van der Waals surface area contributed by atoms with E-state index in [4.69, 9.17) is 11.0 Å². The Morgan fingerprint density at radius 2 is 2.08 bits per heavy atom. The van der Waals surface area contributed by atoms with Crippen LogP contribution in [0.5, 0.6) is 0 Å². The number of hydrogen-bond acceptors (Lipinski definition) is 7. The highest BCUT2D eigenvalue weighted by atomic mass is 32.2. The average Bonchev–Trinajstić information content (AvgIpc) is 2.52. The van der Waals surface area contributed by atoms with Gasteiger partial charge in [-0.05, 0) is 25.1 Å². The number of carbonyl (C=O) groups is 1. The van der Waals surface area contributed by atoms with Gasteiger partial charge in [-0.1, -0.05) is 12.1 Å². The maximum absolute atomic E-state index is 12.9. The van der Waals surface area contributed by atoms with Crippen molar-refractivity contribution in [1.29, 1.82) is 5.26 Å². The molecule has 1 heterocycles. The van der Waals surface area contributed by atoms with Gasteiger partial charge in [0.2, 0.25) is 5.95 Å². The number of nitrogens with zero attached hydrogens (tertiary/aromatic N) is 4. The Morgan fingerprint density at radius 1 is 1.38 bits per heavy atom. The Bertz CT molecular complexity index is 909. The smallest absolute Gasteiger partial charge is 0.336 e. The number of primary amides is 1. The zero-order valence-corrected chi connectivity index (χ0v) is 14.2. The second-order valence-corrected chi connectivity index (χ2v) is 7.27. The average molecular weight is 363 g/mol. The van der Waals surface area contributed by atoms with Crippen LogP contribution in [0.15, 0.2) is 46.3 Å². The second-order valence-electron chi connectivity index (χ2n) is 4.50. The molecule has 0 aliphatic carbocycles. The standard InChI is InChI=1S/C14H13N5O3S2/c1-10-6-8-17-14(18-10)19(13(16)20)24(21,22)12-5-3-2-4-11(12)23-9-7-15/h2-6,8H,9H2,1H3,(H2,16,20). The first kappa shape index (κ1) is 17.7. The maximum Gasteiger partial charge on any atom is 0.336 e. The first-order valence-electron chi connectivity index (χ1n) is 6.61. The summed E-state index contributed by atoms with van der Waals surface area (Å²) in [6.07, 6.45) is 1.33. The Morgan fingerprint density at radius 3 is 2.71 bits per heavy atom. The number of nitriles is 1. The van der Waals surface area contributed by atoms with Gasteiger partial charge < -0.3 is 5.73 Å². The van der Waals surface area contributed by atoms with Crippen LogP contribution in [-0.2, 0) is 10.0 Å². The third-order valence-electron chi connectivity index (χ3n) is 2.82. The summed E-state index contributed by atoms with van der Waals surface area (Å²) in [7, 11) is -4.33. The van der Waals surface area contributed by atoms with E-state index in [1.807, 2.05) is 6.07 Å². The topological polar surface area (TPSA) is 130 Å². The minimum Gasteiger partial charge on any atom is -0.350 e. The number of hydrogen-bond donors (Lipinski definition) is 1. The van der Waals surface area contributed by atoms with E-state index in [2.05, 4.69) is 9.97 Å². The van der Waals surface area contributed by atoms with E-state index in [0.717, 1.165) is 11.8 Å². The van der Waals surface area contributed by atoms with Crippen molar-refractivity contribution in [3.05, 3.63) is 42.2 Å². The third-order valence-corrected chi connectivity index (χ3v) is 5.63. The number of urea groups is 1. The van der Waals surface area contributed by atoms with Crippen LogP contribution in [0.4, 0.5) is 10.7 Å². The summed E-state index contributed by atoms with van der Waals surface area (Å²) >= 11 is 1.04. The zero-order chi connectivity index (χ0) is 17.7. The molecule has 1 aromatic heterocycles. The van der Waals surface area contributed by atoms with Crippen LogP contribution in [0.3, 0.4) is 0 Å². The summed E-state index contributed by atoms with van der Waals surface area (Å²) in [4.78, 5) is 19.7. The van der Waals surface area contributed by atoms with Gasteiger partial charge in [-0.15, -0.1) is 16.1 Å². The van der Waals surface area contributed by atoms with Crippen LogP contribution in [0.2, 0.25) is 0 Å². The van der Waals surface area contributed by atoms with Gasteiger partial charge >= 0.3 is 6.03 Å². The van der Waals surface area contributed by atoms with E-state index in [1.165, 1.54) is 18.3 Å². The summed E-state index contributed by atoms with van der Waals surface area (Å²) in [5.41, 5.74) is 5.74. The Hall–Kier alpha value is -2.64. The molecule has 0 aliphatic heterocycles. The van der Waals surface area contributed by atoms with Crippen molar-refractivity contribution in [3.8, 4) is 6.07 Å². The van der Waals surface area contributed by atoms with Crippen LogP contribution >= 0.6 is 11.8 Å². The van der Waals surface area contributed by atoms with E-state index in [-0.39, 0.29) is 16.6 Å². The number of nitrogens with two attached hydrogens (primary N) is 1. The van der Waals surface area contributed by atoms with Crippen molar-refractivity contribution in [2.45, 2.75) is 16.7 Å². The van der Waals surface area contributed by atoms with E-state index in [0.29, 0.717) is 14.9 Å². The molecule has 0 unspecified atom stereocenters. The van der Waals surface area contributed by atoms with Gasteiger partial charge in [-0.3, -0.25) is 0 Å². The molecular weight excluding hydrogens is 350 g/mol. The van der Waals surface area contributed by atoms with Crippen LogP contribution in [0, 0.1) is 18.3 Å². The monoisotopic (exact) mass is 363 g/mol. The maximum atomic E-state index is 12.9. The van der Waals surface area contributed by atoms with Crippen molar-refractivity contribution < 1.29 is 13.2 Å². The molecule has 124 valence electrons. The number of aryl methyl sites for hydroxylation is 1. The first-order valence-corrected chi connectivity index (χ1v) is 9.03. The van der Waals surface area contributed by atoms with Gasteiger partial charge in [0, 0.05) is 16.8 Å². The number of carbonyl (C=O) groups excluding carboxylic acids is 1. The largest absolute Gasteiger partial charge is 0.350 e. The number of amides is 2. The lowest BCUT2D eigenvalue weighted by Gasteiger charge is -2.19. The summed E-state index contributed by atoms with van der Waals surface area (Å²) < 4.78 is 26.2. The number of aromatic nitrogens is 2. The number of anilines is 1. The fourth-order valence-corrected chi connectivity index (χ4v) is 4.26. The van der Waals surface area contributed by atoms with Gasteiger partial charge in [-0.2, -0.15) is 5.26 Å². The van der Waals surface area contributed by atoms with Crippen molar-refractivity contribution in [3.63, 3.8) is 0 Å². The number of thioether (sulfide) groups is 1. The molecule has 0 fully saturated rings. The lowest BCUT2D eigenvalue weighted by Crippen LogP contribution is -2.42. The fraction of sp³-hybridized carbons (Fsp3) is 0.143. The van der Waals surface area contributed by atoms with Crippen LogP contribution in [0.25, 0.3) is 0 Å². The molecule has 0 bridgehead atoms. The lowest BCUT2D eigenvalue weighted by molar-refractivity contribution is 0.256. The third kappa shape index (κ3) is 3.64. The van der Waals surface area contributed by atoms with Gasteiger partial charge in [0.05, 0.1) is 11.8 Å². The Balaban J connectivity index is 2.59. The van der Waals surface area contributed by atoms with Gasteiger partial charge in [0.15, 0.2) is 0 Å². The molecule has 0 saturated heterocycles. The molecule has 2 rings (SSSR count). The Labute approximate surface area is 143 Å². The van der Waals surface area contributed by atoms with Crippen molar-refractivity contribution in [2.24, 2.45) is 5.73 Å². The molecule has 8 nitrogen and oxygen atoms in total. The zero-order valence-electron chi connectivity index (χ0n) is 12.6. The summed E-state index contributed by atoms with van der Waals surface area (Å²) in [6.45, 7) is 1.63. The molecule has 10 heteroatoms. The summed E-state index contributed by atoms with van der Waals surface area (Å²) in [5.74, 6) is -0.271. The fourth-order valence-electron chi connectivity index (χ4n) is 1.85. The van der Waals surface area contributed by atoms with Gasteiger partial charge in [-0.25, -0.2) is 23.2 Å². The highest BCUT2D eigenvalue weighted by Crippen LogP contribution is 2.29. The summed E-state index contributed by atoms with van der Waals surface area (Å²) in [5, 5.41) is 8.70. The quantitative estimate of drug-likeness (QED) is 0.800. The number of rotatable bonds is 5. The highest BCUT2D eigenvalue weighted by Gasteiger charge is 2.33. The molecule has 2 amide bonds. The minimum atomic E-state index is -4.33. The van der Waals surface area contributed by atoms with E-state index in [1.54, 1.807) is 25.1 Å². The second kappa shape index (κ2) is 7.29. The predicted molar refractivity (Wildman–Crippen MR) is 88.8 cm³/mol. The number of benzene rings is 1. The van der Waals surface area contributed by atoms with Crippen molar-refractivity contribution >= 4 is 33.8 Å². The first-order chi connectivity index (χ1) is 11.4. The highest BCUT2D eigenvalue weighted by molar-refractivity contribution is 8.00. The van der Waals surface area contributed by atoms with Crippen LogP contribution < -0.4 is 10.0 Å². The van der Waals surface area contributed by atoms with Crippen LogP contribution in [0.1, 0.15) is 5.69 Å². The molecule has 2 aromatic rings. The minimum absolute atomic E-state index is 0.0596. The van der Waals surface area contributed by atoms with E-state index in [9.17, 15) is 13.2 Å². The Kier molecular flexibility index (Phi) is 5.38. The molecule has 0 spiro atoms. The van der Waals surface area contributed by atoms with Crippen LogP contribution in [-0.4, -0.2) is 30.2 Å². The summed E-state index contributed by atoms with van der Waals surface area (Å²) in [6, 6.07) is 8.29. The molecule has 0 saturated carbocycles. The molecule has 0 aliphatic rings. The van der Waals surface area contributed by atoms with Crippen molar-refractivity contribution in [2.75, 3.05) is 10.1 Å². The lowest BCUT2D eigenvalue weighted by atomic mass is 10.4. The molecule has 0 atom stereocenters. The SMILES string of the molecule is Cc1ccnc(N(C(N)=O)S(=O)(=O)c2ccccc2SCC#N)n1. The predicted octanol–water partition coefficient (Wildman–Crippen LogP) is 1.67. The van der Waals surface area contributed by atoms with Gasteiger partial charge in [0.25, 0.3) is 10.0 Å².